The minimum Gasteiger partial charge on any atom is -0.345 e. The third-order valence-corrected chi connectivity index (χ3v) is 2.46. The van der Waals surface area contributed by atoms with Crippen LogP contribution in [0.2, 0.25) is 0 Å². The number of carbonyl (C=O) groups is 1. The molecule has 1 amide bonds. The Hall–Kier alpha value is -1.01. The molecule has 3 heteroatoms. The average Bonchev–Trinajstić information content (AvgIpc) is 2.01. The van der Waals surface area contributed by atoms with Gasteiger partial charge < -0.3 is 10.6 Å². The third kappa shape index (κ3) is 2.74. The molecule has 0 radical (unpaired) electrons. The molecule has 1 aliphatic rings. The van der Waals surface area contributed by atoms with E-state index in [2.05, 4.69) is 22.5 Å². The molecule has 3 nitrogen and oxygen atoms in total. The lowest BCUT2D eigenvalue weighted by Gasteiger charge is -2.31. The van der Waals surface area contributed by atoms with Gasteiger partial charge in [0, 0.05) is 5.92 Å². The second-order valence-corrected chi connectivity index (χ2v) is 3.35. The highest BCUT2D eigenvalue weighted by Crippen LogP contribution is 2.15. The second-order valence-electron chi connectivity index (χ2n) is 3.35. The molecule has 1 heterocycles. The Kier molecular flexibility index (Phi) is 3.78. The molecule has 1 atom stereocenters. The predicted molar refractivity (Wildman–Crippen MR) is 52.0 cm³/mol. The molecule has 2 N–H and O–H groups in total. The molecule has 1 unspecified atom stereocenters. The van der Waals surface area contributed by atoms with E-state index < -0.39 is 0 Å². The quantitative estimate of drug-likeness (QED) is 0.599. The lowest BCUT2D eigenvalue weighted by molar-refractivity contribution is -0.126. The first-order valence-corrected chi connectivity index (χ1v) is 4.63. The fourth-order valence-corrected chi connectivity index (χ4v) is 1.26. The monoisotopic (exact) mass is 180 g/mol. The standard InChI is InChI=1S/C10H16N2O/c1-3-4-5-12-10(13)8(2)9-6-11-7-9/h8-9,11H,5-7H2,1-2H3,(H,12,13). The van der Waals surface area contributed by atoms with Crippen molar-refractivity contribution >= 4 is 5.91 Å². The Morgan fingerprint density at radius 3 is 2.85 bits per heavy atom. The highest BCUT2D eigenvalue weighted by molar-refractivity contribution is 5.79. The molecule has 1 saturated heterocycles. The van der Waals surface area contributed by atoms with Crippen molar-refractivity contribution in [3.8, 4) is 11.8 Å². The van der Waals surface area contributed by atoms with Crippen LogP contribution in [0.25, 0.3) is 0 Å². The molecular formula is C10H16N2O. The van der Waals surface area contributed by atoms with Crippen LogP contribution in [0.4, 0.5) is 0 Å². The van der Waals surface area contributed by atoms with Crippen molar-refractivity contribution in [1.82, 2.24) is 10.6 Å². The molecular weight excluding hydrogens is 164 g/mol. The number of amides is 1. The SMILES string of the molecule is CC#CCNC(=O)C(C)C1CNC1. The summed E-state index contributed by atoms with van der Waals surface area (Å²) in [6.45, 7) is 6.15. The summed E-state index contributed by atoms with van der Waals surface area (Å²) in [4.78, 5) is 11.4. The molecule has 1 aliphatic heterocycles. The van der Waals surface area contributed by atoms with E-state index in [1.165, 1.54) is 0 Å². The second kappa shape index (κ2) is 4.88. The van der Waals surface area contributed by atoms with Crippen molar-refractivity contribution < 1.29 is 4.79 Å². The van der Waals surface area contributed by atoms with Crippen molar-refractivity contribution in [2.45, 2.75) is 13.8 Å². The predicted octanol–water partition coefficient (Wildman–Crippen LogP) is -0.0186. The maximum absolute atomic E-state index is 11.4. The lowest BCUT2D eigenvalue weighted by Crippen LogP contribution is -2.49. The average molecular weight is 180 g/mol. The van der Waals surface area contributed by atoms with Crippen molar-refractivity contribution in [1.29, 1.82) is 0 Å². The van der Waals surface area contributed by atoms with Gasteiger partial charge in [0.25, 0.3) is 0 Å². The molecule has 0 aromatic carbocycles. The Labute approximate surface area is 79.3 Å². The van der Waals surface area contributed by atoms with E-state index in [9.17, 15) is 4.79 Å². The Morgan fingerprint density at radius 2 is 2.38 bits per heavy atom. The first-order chi connectivity index (χ1) is 6.25. The number of carbonyl (C=O) groups excluding carboxylic acids is 1. The summed E-state index contributed by atoms with van der Waals surface area (Å²) in [7, 11) is 0. The van der Waals surface area contributed by atoms with Crippen molar-refractivity contribution in [2.75, 3.05) is 19.6 Å². The van der Waals surface area contributed by atoms with E-state index in [1.807, 2.05) is 6.92 Å². The van der Waals surface area contributed by atoms with Gasteiger partial charge in [-0.15, -0.1) is 5.92 Å². The van der Waals surface area contributed by atoms with Crippen LogP contribution < -0.4 is 10.6 Å². The topological polar surface area (TPSA) is 41.1 Å². The van der Waals surface area contributed by atoms with Crippen LogP contribution in [-0.4, -0.2) is 25.5 Å². The molecule has 1 rings (SSSR count). The Balaban J connectivity index is 2.23. The zero-order valence-corrected chi connectivity index (χ0v) is 8.18. The fraction of sp³-hybridized carbons (Fsp3) is 0.700. The number of nitrogens with one attached hydrogen (secondary N) is 2. The molecule has 72 valence electrons. The van der Waals surface area contributed by atoms with E-state index in [4.69, 9.17) is 0 Å². The molecule has 0 bridgehead atoms. The van der Waals surface area contributed by atoms with Crippen LogP contribution in [0.1, 0.15) is 13.8 Å². The van der Waals surface area contributed by atoms with E-state index in [0.29, 0.717) is 12.5 Å². The van der Waals surface area contributed by atoms with E-state index in [-0.39, 0.29) is 11.8 Å². The number of hydrogen-bond donors (Lipinski definition) is 2. The first kappa shape index (κ1) is 10.1. The van der Waals surface area contributed by atoms with E-state index in [1.54, 1.807) is 6.92 Å². The van der Waals surface area contributed by atoms with E-state index >= 15 is 0 Å². The highest BCUT2D eigenvalue weighted by Gasteiger charge is 2.28. The normalized spacial score (nSPS) is 18.0. The number of hydrogen-bond acceptors (Lipinski definition) is 2. The number of rotatable bonds is 3. The minimum absolute atomic E-state index is 0.111. The van der Waals surface area contributed by atoms with Crippen LogP contribution in [0, 0.1) is 23.7 Å². The largest absolute Gasteiger partial charge is 0.345 e. The molecule has 0 aromatic heterocycles. The van der Waals surface area contributed by atoms with Crippen LogP contribution in [0.3, 0.4) is 0 Å². The van der Waals surface area contributed by atoms with Gasteiger partial charge in [0.1, 0.15) is 0 Å². The summed E-state index contributed by atoms with van der Waals surface area (Å²) in [6, 6.07) is 0. The highest BCUT2D eigenvalue weighted by atomic mass is 16.1. The molecule has 0 aromatic rings. The van der Waals surface area contributed by atoms with Gasteiger partial charge in [-0.1, -0.05) is 12.8 Å². The molecule has 0 aliphatic carbocycles. The van der Waals surface area contributed by atoms with Crippen molar-refractivity contribution in [2.24, 2.45) is 11.8 Å². The maximum atomic E-state index is 11.4. The van der Waals surface area contributed by atoms with Gasteiger partial charge in [-0.3, -0.25) is 4.79 Å². The smallest absolute Gasteiger partial charge is 0.223 e. The van der Waals surface area contributed by atoms with Gasteiger partial charge in [0.2, 0.25) is 5.91 Å². The first-order valence-electron chi connectivity index (χ1n) is 4.63. The summed E-state index contributed by atoms with van der Waals surface area (Å²) in [5.41, 5.74) is 0. The Bertz CT molecular complexity index is 235. The molecule has 0 saturated carbocycles. The summed E-state index contributed by atoms with van der Waals surface area (Å²) in [5, 5.41) is 5.95. The summed E-state index contributed by atoms with van der Waals surface area (Å²) < 4.78 is 0. The zero-order valence-electron chi connectivity index (χ0n) is 8.18. The summed E-state index contributed by atoms with van der Waals surface area (Å²) in [5.74, 6) is 6.29. The van der Waals surface area contributed by atoms with Crippen LogP contribution >= 0.6 is 0 Å². The van der Waals surface area contributed by atoms with Crippen molar-refractivity contribution in [3.05, 3.63) is 0 Å². The molecule has 0 spiro atoms. The molecule has 13 heavy (non-hydrogen) atoms. The van der Waals surface area contributed by atoms with Crippen LogP contribution in [0.5, 0.6) is 0 Å². The third-order valence-electron chi connectivity index (χ3n) is 2.46. The van der Waals surface area contributed by atoms with Crippen LogP contribution in [0.15, 0.2) is 0 Å². The van der Waals surface area contributed by atoms with Crippen molar-refractivity contribution in [3.63, 3.8) is 0 Å². The Morgan fingerprint density at radius 1 is 1.69 bits per heavy atom. The van der Waals surface area contributed by atoms with Gasteiger partial charge in [0.05, 0.1) is 6.54 Å². The zero-order chi connectivity index (χ0) is 9.68. The fourth-order valence-electron chi connectivity index (χ4n) is 1.26. The van der Waals surface area contributed by atoms with Gasteiger partial charge in [-0.25, -0.2) is 0 Å². The maximum Gasteiger partial charge on any atom is 0.223 e. The lowest BCUT2D eigenvalue weighted by atomic mass is 9.88. The van der Waals surface area contributed by atoms with Crippen LogP contribution in [-0.2, 0) is 4.79 Å². The van der Waals surface area contributed by atoms with Gasteiger partial charge in [-0.05, 0) is 25.9 Å². The van der Waals surface area contributed by atoms with Gasteiger partial charge in [-0.2, -0.15) is 0 Å². The molecule has 1 fully saturated rings. The van der Waals surface area contributed by atoms with E-state index in [0.717, 1.165) is 13.1 Å². The summed E-state index contributed by atoms with van der Waals surface area (Å²) >= 11 is 0. The minimum atomic E-state index is 0.111. The summed E-state index contributed by atoms with van der Waals surface area (Å²) in [6.07, 6.45) is 0. The van der Waals surface area contributed by atoms with Gasteiger partial charge >= 0.3 is 0 Å². The van der Waals surface area contributed by atoms with Gasteiger partial charge in [0.15, 0.2) is 0 Å².